The summed E-state index contributed by atoms with van der Waals surface area (Å²) in [6.07, 6.45) is 2.26. The summed E-state index contributed by atoms with van der Waals surface area (Å²) in [5.41, 5.74) is 7.80. The third-order valence-corrected chi connectivity index (χ3v) is 2.01. The van der Waals surface area contributed by atoms with Crippen molar-refractivity contribution in [2.45, 2.75) is 26.9 Å². The van der Waals surface area contributed by atoms with Crippen molar-refractivity contribution >= 4 is 6.08 Å². The van der Waals surface area contributed by atoms with Crippen LogP contribution in [0.25, 0.3) is 6.08 Å². The van der Waals surface area contributed by atoms with Crippen LogP contribution in [0.2, 0.25) is 0 Å². The zero-order valence-corrected chi connectivity index (χ0v) is 9.66. The predicted molar refractivity (Wildman–Crippen MR) is 64.9 cm³/mol. The third kappa shape index (κ3) is 3.76. The van der Waals surface area contributed by atoms with Crippen molar-refractivity contribution in [3.05, 3.63) is 35.4 Å². The van der Waals surface area contributed by atoms with Gasteiger partial charge in [0.05, 0.1) is 6.10 Å². The Morgan fingerprint density at radius 3 is 2.67 bits per heavy atom. The molecule has 1 rings (SSSR count). The van der Waals surface area contributed by atoms with Crippen LogP contribution in [0.1, 0.15) is 26.3 Å². The first-order valence-corrected chi connectivity index (χ1v) is 5.26. The van der Waals surface area contributed by atoms with Crippen molar-refractivity contribution in [3.8, 4) is 5.75 Å². The lowest BCUT2D eigenvalue weighted by Crippen LogP contribution is -2.06. The van der Waals surface area contributed by atoms with Crippen molar-refractivity contribution in [1.82, 2.24) is 0 Å². The summed E-state index contributed by atoms with van der Waals surface area (Å²) >= 11 is 0. The highest BCUT2D eigenvalue weighted by Gasteiger charge is 2.02. The summed E-state index contributed by atoms with van der Waals surface area (Å²) in [5, 5.41) is 0. The maximum atomic E-state index is 5.71. The number of hydrogen-bond donors (Lipinski definition) is 1. The minimum Gasteiger partial charge on any atom is -0.490 e. The van der Waals surface area contributed by atoms with Gasteiger partial charge in [0.2, 0.25) is 0 Å². The standard InChI is InChI=1S/C13H19NO/c1-10(2)15-13-7-5-4-6-12(13)8-11(3)9-14/h4-8,10H,9,14H2,1-3H3. The summed E-state index contributed by atoms with van der Waals surface area (Å²) in [4.78, 5) is 0. The maximum Gasteiger partial charge on any atom is 0.126 e. The normalized spacial score (nSPS) is 11.9. The molecule has 1 aromatic carbocycles. The van der Waals surface area contributed by atoms with Crippen LogP contribution in [-0.2, 0) is 0 Å². The van der Waals surface area contributed by atoms with Gasteiger partial charge in [-0.15, -0.1) is 0 Å². The van der Waals surface area contributed by atoms with Crippen LogP contribution in [0.5, 0.6) is 5.75 Å². The van der Waals surface area contributed by atoms with E-state index < -0.39 is 0 Å². The lowest BCUT2D eigenvalue weighted by atomic mass is 10.1. The van der Waals surface area contributed by atoms with E-state index in [0.29, 0.717) is 6.54 Å². The monoisotopic (exact) mass is 205 g/mol. The minimum absolute atomic E-state index is 0.192. The summed E-state index contributed by atoms with van der Waals surface area (Å²) in [7, 11) is 0. The van der Waals surface area contributed by atoms with Gasteiger partial charge in [-0.2, -0.15) is 0 Å². The maximum absolute atomic E-state index is 5.71. The molecule has 2 N–H and O–H groups in total. The van der Waals surface area contributed by atoms with Gasteiger partial charge >= 0.3 is 0 Å². The average Bonchev–Trinajstić information content (AvgIpc) is 2.20. The summed E-state index contributed by atoms with van der Waals surface area (Å²) in [6.45, 7) is 6.65. The lowest BCUT2D eigenvalue weighted by molar-refractivity contribution is 0.242. The van der Waals surface area contributed by atoms with Crippen LogP contribution in [0.4, 0.5) is 0 Å². The molecular formula is C13H19NO. The number of hydrogen-bond acceptors (Lipinski definition) is 2. The molecule has 2 nitrogen and oxygen atoms in total. The Morgan fingerprint density at radius 2 is 2.07 bits per heavy atom. The second kappa shape index (κ2) is 5.56. The van der Waals surface area contributed by atoms with Gasteiger partial charge in [0, 0.05) is 12.1 Å². The largest absolute Gasteiger partial charge is 0.490 e. The van der Waals surface area contributed by atoms with Crippen LogP contribution in [-0.4, -0.2) is 12.6 Å². The van der Waals surface area contributed by atoms with E-state index >= 15 is 0 Å². The molecule has 0 heterocycles. The Bertz CT molecular complexity index is 342. The molecule has 1 aromatic rings. The van der Waals surface area contributed by atoms with Crippen molar-refractivity contribution < 1.29 is 4.74 Å². The Balaban J connectivity index is 2.96. The fourth-order valence-electron chi connectivity index (χ4n) is 1.29. The zero-order valence-electron chi connectivity index (χ0n) is 9.66. The molecule has 0 aromatic heterocycles. The second-order valence-corrected chi connectivity index (χ2v) is 3.90. The molecule has 82 valence electrons. The Morgan fingerprint density at radius 1 is 1.40 bits per heavy atom. The van der Waals surface area contributed by atoms with Gasteiger partial charge in [-0.05, 0) is 26.8 Å². The van der Waals surface area contributed by atoms with Crippen LogP contribution < -0.4 is 10.5 Å². The van der Waals surface area contributed by atoms with E-state index in [1.54, 1.807) is 0 Å². The van der Waals surface area contributed by atoms with E-state index in [9.17, 15) is 0 Å². The first-order valence-electron chi connectivity index (χ1n) is 5.26. The van der Waals surface area contributed by atoms with E-state index in [1.807, 2.05) is 45.0 Å². The molecule has 0 radical (unpaired) electrons. The van der Waals surface area contributed by atoms with E-state index in [0.717, 1.165) is 16.9 Å². The number of para-hydroxylation sites is 1. The van der Waals surface area contributed by atoms with Crippen LogP contribution in [0.3, 0.4) is 0 Å². The van der Waals surface area contributed by atoms with Gasteiger partial charge in [-0.1, -0.05) is 29.8 Å². The van der Waals surface area contributed by atoms with Crippen molar-refractivity contribution in [3.63, 3.8) is 0 Å². The molecule has 0 saturated heterocycles. The Labute approximate surface area is 91.7 Å². The topological polar surface area (TPSA) is 35.2 Å². The molecule has 0 unspecified atom stereocenters. The molecule has 15 heavy (non-hydrogen) atoms. The van der Waals surface area contributed by atoms with Crippen molar-refractivity contribution in [2.75, 3.05) is 6.54 Å². The highest BCUT2D eigenvalue weighted by Crippen LogP contribution is 2.21. The van der Waals surface area contributed by atoms with Crippen LogP contribution in [0.15, 0.2) is 29.8 Å². The summed E-state index contributed by atoms with van der Waals surface area (Å²) in [5.74, 6) is 0.917. The van der Waals surface area contributed by atoms with Crippen molar-refractivity contribution in [2.24, 2.45) is 5.73 Å². The minimum atomic E-state index is 0.192. The Kier molecular flexibility index (Phi) is 4.37. The predicted octanol–water partition coefficient (Wildman–Crippen LogP) is 2.84. The quantitative estimate of drug-likeness (QED) is 0.820. The highest BCUT2D eigenvalue weighted by atomic mass is 16.5. The van der Waals surface area contributed by atoms with Gasteiger partial charge in [0.15, 0.2) is 0 Å². The average molecular weight is 205 g/mol. The van der Waals surface area contributed by atoms with Gasteiger partial charge in [-0.3, -0.25) is 0 Å². The molecule has 0 aliphatic heterocycles. The summed E-state index contributed by atoms with van der Waals surface area (Å²) in [6, 6.07) is 8.00. The fraction of sp³-hybridized carbons (Fsp3) is 0.385. The first-order chi connectivity index (χ1) is 7.13. The molecule has 0 aliphatic carbocycles. The van der Waals surface area contributed by atoms with E-state index in [1.165, 1.54) is 0 Å². The first kappa shape index (κ1) is 11.8. The SMILES string of the molecule is CC(=Cc1ccccc1OC(C)C)CN. The van der Waals surface area contributed by atoms with E-state index in [-0.39, 0.29) is 6.10 Å². The van der Waals surface area contributed by atoms with Gasteiger partial charge in [0.25, 0.3) is 0 Å². The van der Waals surface area contributed by atoms with Crippen molar-refractivity contribution in [1.29, 1.82) is 0 Å². The highest BCUT2D eigenvalue weighted by molar-refractivity contribution is 5.59. The fourth-order valence-corrected chi connectivity index (χ4v) is 1.29. The molecule has 0 saturated carbocycles. The van der Waals surface area contributed by atoms with Gasteiger partial charge in [-0.25, -0.2) is 0 Å². The van der Waals surface area contributed by atoms with E-state index in [2.05, 4.69) is 6.08 Å². The number of ether oxygens (including phenoxy) is 1. The molecule has 0 bridgehead atoms. The number of nitrogens with two attached hydrogens (primary N) is 1. The van der Waals surface area contributed by atoms with Crippen LogP contribution >= 0.6 is 0 Å². The van der Waals surface area contributed by atoms with E-state index in [4.69, 9.17) is 10.5 Å². The number of benzene rings is 1. The van der Waals surface area contributed by atoms with Gasteiger partial charge < -0.3 is 10.5 Å². The molecule has 0 aliphatic rings. The molecule has 0 atom stereocenters. The summed E-state index contributed by atoms with van der Waals surface area (Å²) < 4.78 is 5.71. The number of rotatable bonds is 4. The molecular weight excluding hydrogens is 186 g/mol. The van der Waals surface area contributed by atoms with Gasteiger partial charge in [0.1, 0.15) is 5.75 Å². The van der Waals surface area contributed by atoms with Crippen LogP contribution in [0, 0.1) is 0 Å². The second-order valence-electron chi connectivity index (χ2n) is 3.90. The smallest absolute Gasteiger partial charge is 0.126 e. The third-order valence-electron chi connectivity index (χ3n) is 2.01. The molecule has 0 spiro atoms. The lowest BCUT2D eigenvalue weighted by Gasteiger charge is -2.12. The zero-order chi connectivity index (χ0) is 11.3. The molecule has 2 heteroatoms. The molecule has 0 fully saturated rings. The molecule has 0 amide bonds. The Hall–Kier alpha value is -1.28.